The Labute approximate surface area is 187 Å². The Hall–Kier alpha value is -3.65. The van der Waals surface area contributed by atoms with Crippen molar-refractivity contribution in [1.82, 2.24) is 10.3 Å². The average Bonchev–Trinajstić information content (AvgIpc) is 2.78. The van der Waals surface area contributed by atoms with Gasteiger partial charge in [-0.25, -0.2) is 9.78 Å². The molecule has 0 aliphatic rings. The lowest BCUT2D eigenvalue weighted by Gasteiger charge is -2.09. The highest BCUT2D eigenvalue weighted by atomic mass is 79.9. The number of pyridine rings is 1. The predicted octanol–water partition coefficient (Wildman–Crippen LogP) is 4.29. The molecule has 3 aromatic rings. The molecule has 2 aromatic carbocycles. The van der Waals surface area contributed by atoms with Crippen LogP contribution in [0.3, 0.4) is 0 Å². The zero-order valence-corrected chi connectivity index (χ0v) is 18.1. The highest BCUT2D eigenvalue weighted by molar-refractivity contribution is 9.10. The van der Waals surface area contributed by atoms with Crippen molar-refractivity contribution in [3.05, 3.63) is 93.9 Å². The molecule has 1 heterocycles. The summed E-state index contributed by atoms with van der Waals surface area (Å²) in [5.74, 6) is -0.436. The van der Waals surface area contributed by atoms with E-state index in [0.717, 1.165) is 11.3 Å². The Morgan fingerprint density at radius 1 is 1.10 bits per heavy atom. The third kappa shape index (κ3) is 6.42. The summed E-state index contributed by atoms with van der Waals surface area (Å²) in [4.78, 5) is 27.8. The molecule has 2 N–H and O–H groups in total. The molecule has 31 heavy (non-hydrogen) atoms. The molecular formula is C23H19BrN2O5. The molecule has 1 amide bonds. The van der Waals surface area contributed by atoms with Gasteiger partial charge in [-0.3, -0.25) is 4.79 Å². The maximum absolute atomic E-state index is 12.3. The number of carbonyl (C=O) groups excluding carboxylic acids is 1. The Bertz CT molecular complexity index is 1100. The van der Waals surface area contributed by atoms with Gasteiger partial charge in [0.25, 0.3) is 5.91 Å². The summed E-state index contributed by atoms with van der Waals surface area (Å²) in [5.41, 5.74) is 1.55. The van der Waals surface area contributed by atoms with E-state index in [9.17, 15) is 14.7 Å². The van der Waals surface area contributed by atoms with Gasteiger partial charge in [0.1, 0.15) is 28.4 Å². The number of halogens is 1. The molecule has 1 aromatic heterocycles. The van der Waals surface area contributed by atoms with Crippen LogP contribution in [0.25, 0.3) is 6.08 Å². The van der Waals surface area contributed by atoms with Crippen LogP contribution in [-0.2, 0) is 11.4 Å². The molecule has 0 unspecified atom stereocenters. The number of nitrogens with zero attached hydrogens (tertiary/aromatic N) is 1. The lowest BCUT2D eigenvalue weighted by atomic mass is 10.1. The van der Waals surface area contributed by atoms with E-state index in [1.807, 2.05) is 24.3 Å². The highest BCUT2D eigenvalue weighted by Gasteiger charge is 2.14. The summed E-state index contributed by atoms with van der Waals surface area (Å²) < 4.78 is 11.5. The smallest absolute Gasteiger partial charge is 0.352 e. The molecule has 3 rings (SSSR count). The van der Waals surface area contributed by atoms with Crippen molar-refractivity contribution < 1.29 is 24.2 Å². The fraction of sp³-hybridized carbons (Fsp3) is 0.0870. The van der Waals surface area contributed by atoms with Crippen LogP contribution in [-0.4, -0.2) is 29.1 Å². The number of methoxy groups -OCH3 is 1. The number of nitrogens with one attached hydrogen (secondary N) is 1. The van der Waals surface area contributed by atoms with Crippen LogP contribution in [0.4, 0.5) is 0 Å². The summed E-state index contributed by atoms with van der Waals surface area (Å²) >= 11 is 3.19. The number of carbonyl (C=O) groups is 2. The van der Waals surface area contributed by atoms with Crippen molar-refractivity contribution in [3.63, 3.8) is 0 Å². The first-order chi connectivity index (χ1) is 14.9. The van der Waals surface area contributed by atoms with E-state index in [1.54, 1.807) is 43.5 Å². The van der Waals surface area contributed by atoms with Gasteiger partial charge in [-0.1, -0.05) is 24.3 Å². The molecular weight excluding hydrogens is 464 g/mol. The fourth-order valence-corrected chi connectivity index (χ4v) is 2.85. The molecule has 0 aliphatic carbocycles. The minimum atomic E-state index is -1.25. The Kier molecular flexibility index (Phi) is 7.40. The van der Waals surface area contributed by atoms with Gasteiger partial charge in [0.2, 0.25) is 0 Å². The maximum Gasteiger partial charge on any atom is 0.352 e. The van der Waals surface area contributed by atoms with E-state index in [0.29, 0.717) is 22.5 Å². The van der Waals surface area contributed by atoms with Gasteiger partial charge in [0.15, 0.2) is 0 Å². The Morgan fingerprint density at radius 3 is 2.52 bits per heavy atom. The number of aromatic nitrogens is 1. The fourth-order valence-electron chi connectivity index (χ4n) is 2.61. The van der Waals surface area contributed by atoms with Crippen molar-refractivity contribution in [2.45, 2.75) is 6.61 Å². The van der Waals surface area contributed by atoms with Gasteiger partial charge in [0.05, 0.1) is 12.7 Å². The van der Waals surface area contributed by atoms with E-state index in [-0.39, 0.29) is 11.3 Å². The third-order valence-corrected chi connectivity index (χ3v) is 4.67. The second-order valence-corrected chi connectivity index (χ2v) is 7.21. The molecule has 0 radical (unpaired) electrons. The number of ether oxygens (including phenoxy) is 2. The van der Waals surface area contributed by atoms with Crippen LogP contribution in [0, 0.1) is 0 Å². The first-order valence-corrected chi connectivity index (χ1v) is 9.97. The number of hydrogen-bond acceptors (Lipinski definition) is 5. The van der Waals surface area contributed by atoms with Gasteiger partial charge in [-0.2, -0.15) is 0 Å². The average molecular weight is 483 g/mol. The van der Waals surface area contributed by atoms with Gasteiger partial charge in [-0.05, 0) is 69.5 Å². The summed E-state index contributed by atoms with van der Waals surface area (Å²) in [5, 5.41) is 11.8. The Morgan fingerprint density at radius 2 is 1.87 bits per heavy atom. The van der Waals surface area contributed by atoms with Gasteiger partial charge in [-0.15, -0.1) is 0 Å². The van der Waals surface area contributed by atoms with Gasteiger partial charge >= 0.3 is 5.97 Å². The number of carboxylic acids is 1. The molecule has 8 heteroatoms. The molecule has 0 saturated heterocycles. The maximum atomic E-state index is 12.3. The summed E-state index contributed by atoms with van der Waals surface area (Å²) in [6, 6.07) is 17.6. The molecule has 0 bridgehead atoms. The largest absolute Gasteiger partial charge is 0.497 e. The van der Waals surface area contributed by atoms with E-state index < -0.39 is 11.9 Å². The van der Waals surface area contributed by atoms with Gasteiger partial charge < -0.3 is 19.9 Å². The standard InChI is InChI=1S/C23H19BrN2O5/c1-30-19-4-2-3-16(11-19)14-31-18-8-5-15(6-9-18)12-20(23(28)29)26-22(27)17-7-10-21(24)25-13-17/h2-13H,14H2,1H3,(H,26,27)(H,28,29)/b20-12-. The minimum absolute atomic E-state index is 0.247. The Balaban J connectivity index is 1.66. The molecule has 0 aliphatic heterocycles. The zero-order valence-electron chi connectivity index (χ0n) is 16.5. The van der Waals surface area contributed by atoms with Crippen LogP contribution >= 0.6 is 15.9 Å². The molecule has 0 atom stereocenters. The van der Waals surface area contributed by atoms with Crippen molar-refractivity contribution >= 4 is 33.9 Å². The second-order valence-electron chi connectivity index (χ2n) is 6.40. The molecule has 7 nitrogen and oxygen atoms in total. The van der Waals surface area contributed by atoms with E-state index >= 15 is 0 Å². The summed E-state index contributed by atoms with van der Waals surface area (Å²) in [6.45, 7) is 0.365. The van der Waals surface area contributed by atoms with Crippen LogP contribution < -0.4 is 14.8 Å². The van der Waals surface area contributed by atoms with Crippen molar-refractivity contribution in [3.8, 4) is 11.5 Å². The third-order valence-electron chi connectivity index (χ3n) is 4.20. The molecule has 0 fully saturated rings. The lowest BCUT2D eigenvalue weighted by Crippen LogP contribution is -2.27. The summed E-state index contributed by atoms with van der Waals surface area (Å²) in [7, 11) is 1.61. The highest BCUT2D eigenvalue weighted by Crippen LogP contribution is 2.18. The van der Waals surface area contributed by atoms with E-state index in [1.165, 1.54) is 12.3 Å². The van der Waals surface area contributed by atoms with E-state index in [2.05, 4.69) is 26.2 Å². The molecule has 0 spiro atoms. The summed E-state index contributed by atoms with van der Waals surface area (Å²) in [6.07, 6.45) is 2.73. The predicted molar refractivity (Wildman–Crippen MR) is 119 cm³/mol. The van der Waals surface area contributed by atoms with Gasteiger partial charge in [0, 0.05) is 6.20 Å². The van der Waals surface area contributed by atoms with Crippen LogP contribution in [0.1, 0.15) is 21.5 Å². The molecule has 0 saturated carbocycles. The quantitative estimate of drug-likeness (QED) is 0.367. The number of amides is 1. The van der Waals surface area contributed by atoms with Crippen molar-refractivity contribution in [1.29, 1.82) is 0 Å². The van der Waals surface area contributed by atoms with Crippen LogP contribution in [0.5, 0.6) is 11.5 Å². The number of aliphatic carboxylic acids is 1. The van der Waals surface area contributed by atoms with Crippen LogP contribution in [0.2, 0.25) is 0 Å². The second kappa shape index (κ2) is 10.4. The normalized spacial score (nSPS) is 11.0. The number of carboxylic acid groups (broad SMARTS) is 1. The number of hydrogen-bond donors (Lipinski definition) is 2. The topological polar surface area (TPSA) is 97.8 Å². The lowest BCUT2D eigenvalue weighted by molar-refractivity contribution is -0.132. The number of benzene rings is 2. The zero-order chi connectivity index (χ0) is 22.2. The molecule has 158 valence electrons. The first-order valence-electron chi connectivity index (χ1n) is 9.18. The van der Waals surface area contributed by atoms with Crippen molar-refractivity contribution in [2.75, 3.05) is 7.11 Å². The monoisotopic (exact) mass is 482 g/mol. The van der Waals surface area contributed by atoms with Crippen molar-refractivity contribution in [2.24, 2.45) is 0 Å². The first kappa shape index (κ1) is 22.0. The van der Waals surface area contributed by atoms with Crippen LogP contribution in [0.15, 0.2) is 77.2 Å². The van der Waals surface area contributed by atoms with E-state index in [4.69, 9.17) is 9.47 Å². The number of rotatable bonds is 8. The minimum Gasteiger partial charge on any atom is -0.497 e. The SMILES string of the molecule is COc1cccc(COc2ccc(/C=C(\NC(=O)c3ccc(Br)nc3)C(=O)O)cc2)c1.